The molecule has 4 aliphatic heterocycles. The number of aryl methyl sites for hydroxylation is 4. The molecule has 0 amide bonds. The van der Waals surface area contributed by atoms with E-state index in [9.17, 15) is 0 Å². The maximum Gasteiger partial charge on any atom is 0.244 e. The Labute approximate surface area is 307 Å². The Morgan fingerprint density at radius 3 is 1.10 bits per heavy atom. The molecule has 8 aromatic carbocycles. The maximum absolute atomic E-state index is 2.67. The Kier molecular flexibility index (Phi) is 5.37. The van der Waals surface area contributed by atoms with Crippen molar-refractivity contribution in [2.75, 3.05) is 0 Å². The Bertz CT molecular complexity index is 2810. The summed E-state index contributed by atoms with van der Waals surface area (Å²) in [6.07, 6.45) is 0. The van der Waals surface area contributed by atoms with E-state index in [0.29, 0.717) is 11.8 Å². The van der Waals surface area contributed by atoms with Crippen molar-refractivity contribution in [2.45, 2.75) is 67.2 Å². The molecular formula is C50H40B2. The summed E-state index contributed by atoms with van der Waals surface area (Å²) in [5.74, 6) is 0.784. The van der Waals surface area contributed by atoms with Gasteiger partial charge in [-0.1, -0.05) is 144 Å². The molecule has 0 aromatic heterocycles. The first-order valence-corrected chi connectivity index (χ1v) is 19.5. The molecule has 12 rings (SSSR count). The summed E-state index contributed by atoms with van der Waals surface area (Å²) in [5.41, 5.74) is 28.8. The van der Waals surface area contributed by atoms with Gasteiger partial charge in [0.15, 0.2) is 0 Å². The van der Waals surface area contributed by atoms with Gasteiger partial charge in [0.25, 0.3) is 0 Å². The van der Waals surface area contributed by atoms with Crippen LogP contribution in [0.25, 0.3) is 76.8 Å². The fourth-order valence-corrected chi connectivity index (χ4v) is 11.5. The van der Waals surface area contributed by atoms with Crippen molar-refractivity contribution in [1.82, 2.24) is 0 Å². The van der Waals surface area contributed by atoms with Crippen LogP contribution in [0.4, 0.5) is 0 Å². The zero-order chi connectivity index (χ0) is 35.2. The number of hydrogen-bond acceptors (Lipinski definition) is 0. The molecule has 0 unspecified atom stereocenters. The van der Waals surface area contributed by atoms with E-state index in [1.165, 1.54) is 143 Å². The summed E-state index contributed by atoms with van der Waals surface area (Å²) < 4.78 is 0. The third-order valence-electron chi connectivity index (χ3n) is 13.5. The fourth-order valence-electron chi connectivity index (χ4n) is 11.5. The van der Waals surface area contributed by atoms with Crippen molar-refractivity contribution in [1.29, 1.82) is 0 Å². The highest BCUT2D eigenvalue weighted by atomic mass is 14.3. The van der Waals surface area contributed by atoms with Crippen molar-refractivity contribution < 1.29 is 0 Å². The van der Waals surface area contributed by atoms with Crippen LogP contribution in [0.3, 0.4) is 0 Å². The van der Waals surface area contributed by atoms with Gasteiger partial charge in [0.1, 0.15) is 0 Å². The fraction of sp³-hybridized carbons (Fsp3) is 0.200. The van der Waals surface area contributed by atoms with Crippen molar-refractivity contribution in [2.24, 2.45) is 0 Å². The lowest BCUT2D eigenvalue weighted by Crippen LogP contribution is -2.53. The molecule has 52 heavy (non-hydrogen) atoms. The lowest BCUT2D eigenvalue weighted by molar-refractivity contribution is 0.876. The number of rotatable bonds is 2. The maximum atomic E-state index is 2.67. The van der Waals surface area contributed by atoms with Gasteiger partial charge in [0.2, 0.25) is 13.4 Å². The third kappa shape index (κ3) is 3.35. The van der Waals surface area contributed by atoms with E-state index in [0.717, 1.165) is 0 Å². The molecule has 0 fully saturated rings. The lowest BCUT2D eigenvalue weighted by Gasteiger charge is -2.33. The van der Waals surface area contributed by atoms with E-state index in [4.69, 9.17) is 0 Å². The predicted molar refractivity (Wildman–Crippen MR) is 228 cm³/mol. The molecule has 0 N–H and O–H groups in total. The van der Waals surface area contributed by atoms with Crippen LogP contribution in [-0.4, -0.2) is 13.4 Å². The van der Waals surface area contributed by atoms with Crippen LogP contribution in [0, 0.1) is 27.7 Å². The Morgan fingerprint density at radius 2 is 0.712 bits per heavy atom. The Hall–Kier alpha value is -5.07. The van der Waals surface area contributed by atoms with Crippen molar-refractivity contribution in [3.63, 3.8) is 0 Å². The van der Waals surface area contributed by atoms with E-state index in [2.05, 4.69) is 140 Å². The van der Waals surface area contributed by atoms with Crippen LogP contribution in [0.2, 0.25) is 0 Å². The Morgan fingerprint density at radius 1 is 0.346 bits per heavy atom. The molecule has 0 spiro atoms. The predicted octanol–water partition coefficient (Wildman–Crippen LogP) is 9.02. The second-order valence-corrected chi connectivity index (χ2v) is 17.5. The van der Waals surface area contributed by atoms with Crippen LogP contribution in [-0.2, 0) is 0 Å². The second kappa shape index (κ2) is 9.47. The molecule has 246 valence electrons. The average molecular weight is 662 g/mol. The minimum Gasteiger partial charge on any atom is -0.0661 e. The first-order chi connectivity index (χ1) is 25.1. The second-order valence-electron chi connectivity index (χ2n) is 17.5. The van der Waals surface area contributed by atoms with Gasteiger partial charge >= 0.3 is 0 Å². The average Bonchev–Trinajstić information content (AvgIpc) is 3.60. The molecule has 0 nitrogen and oxygen atoms in total. The molecule has 0 radical (unpaired) electrons. The van der Waals surface area contributed by atoms with E-state index in [1.54, 1.807) is 0 Å². The molecule has 8 aromatic rings. The summed E-state index contributed by atoms with van der Waals surface area (Å²) in [4.78, 5) is 0. The summed E-state index contributed by atoms with van der Waals surface area (Å²) in [6.45, 7) is 19.2. The normalized spacial score (nSPS) is 14.0. The largest absolute Gasteiger partial charge is 0.244 e. The van der Waals surface area contributed by atoms with E-state index in [1.807, 2.05) is 0 Å². The Balaban J connectivity index is 1.33. The van der Waals surface area contributed by atoms with Crippen LogP contribution in [0.1, 0.15) is 72.9 Å². The van der Waals surface area contributed by atoms with Crippen molar-refractivity contribution in [3.8, 4) is 44.5 Å². The van der Waals surface area contributed by atoms with Gasteiger partial charge in [-0.05, 0) is 151 Å². The number of benzene rings is 8. The van der Waals surface area contributed by atoms with Gasteiger partial charge in [-0.25, -0.2) is 0 Å². The molecule has 0 saturated carbocycles. The minimum atomic E-state index is 0.244. The first-order valence-electron chi connectivity index (χ1n) is 19.5. The molecule has 0 aliphatic carbocycles. The quantitative estimate of drug-likeness (QED) is 0.128. The third-order valence-corrected chi connectivity index (χ3v) is 13.5. The monoisotopic (exact) mass is 662 g/mol. The molecule has 0 saturated heterocycles. The highest BCUT2D eigenvalue weighted by Crippen LogP contribution is 2.50. The van der Waals surface area contributed by atoms with Crippen LogP contribution in [0.5, 0.6) is 0 Å². The van der Waals surface area contributed by atoms with Crippen molar-refractivity contribution in [3.05, 3.63) is 118 Å². The highest BCUT2D eigenvalue weighted by Gasteiger charge is 2.44. The van der Waals surface area contributed by atoms with Crippen LogP contribution < -0.4 is 32.8 Å². The summed E-state index contributed by atoms with van der Waals surface area (Å²) >= 11 is 0. The van der Waals surface area contributed by atoms with E-state index in [-0.39, 0.29) is 13.4 Å². The summed E-state index contributed by atoms with van der Waals surface area (Å²) in [7, 11) is 0. The molecule has 0 atom stereocenters. The van der Waals surface area contributed by atoms with Gasteiger partial charge in [-0.15, -0.1) is 0 Å². The van der Waals surface area contributed by atoms with Crippen molar-refractivity contribution >= 4 is 78.5 Å². The molecule has 0 bridgehead atoms. The summed E-state index contributed by atoms with van der Waals surface area (Å²) in [5, 5.41) is 8.92. The highest BCUT2D eigenvalue weighted by molar-refractivity contribution is 7.03. The van der Waals surface area contributed by atoms with Gasteiger partial charge in [0.05, 0.1) is 0 Å². The van der Waals surface area contributed by atoms with Gasteiger partial charge in [-0.3, -0.25) is 0 Å². The number of hydrogen-bond donors (Lipinski definition) is 0. The molecule has 4 heterocycles. The summed E-state index contributed by atoms with van der Waals surface area (Å²) in [6, 6.07) is 34.9. The number of fused-ring (bicyclic) bond motifs is 10. The van der Waals surface area contributed by atoms with Gasteiger partial charge < -0.3 is 0 Å². The zero-order valence-corrected chi connectivity index (χ0v) is 31.4. The van der Waals surface area contributed by atoms with Gasteiger partial charge in [0, 0.05) is 0 Å². The van der Waals surface area contributed by atoms with E-state index < -0.39 is 0 Å². The first kappa shape index (κ1) is 29.5. The van der Waals surface area contributed by atoms with Gasteiger partial charge in [-0.2, -0.15) is 0 Å². The molecular weight excluding hydrogens is 622 g/mol. The minimum absolute atomic E-state index is 0.244. The molecule has 2 heteroatoms. The SMILES string of the molecule is Cc1ccc2c(c1)-c1cc(C)cc3c1B2c1cc2c(C(C)C)cc4c5c(cc6c(C(C)C)cc-3c1c6c25)B1c2ccc(C)cc2-c2cc(C)cc-4c21. The topological polar surface area (TPSA) is 0 Å². The van der Waals surface area contributed by atoms with Crippen LogP contribution >= 0.6 is 0 Å². The standard InChI is InChI=1S/C50H40B2/c1-23(2)29-19-33-39-17-27(7)15-37-31-13-26(6)10-12-42(31)52(49(37)39)44-22-36-30(24(3)4)20-34-40-18-28(8)16-38-32-14-25(5)9-11-41(32)51(50(38)40)43-21-35(29)47(45(33)44)48(36)46(34)43/h9-24H,1-8H3. The smallest absolute Gasteiger partial charge is 0.0661 e. The molecule has 4 aliphatic rings. The zero-order valence-electron chi connectivity index (χ0n) is 31.4. The van der Waals surface area contributed by atoms with Crippen LogP contribution in [0.15, 0.2) is 84.9 Å². The lowest BCUT2D eigenvalue weighted by atomic mass is 9.34. The van der Waals surface area contributed by atoms with E-state index >= 15 is 0 Å².